The van der Waals surface area contributed by atoms with E-state index in [1.165, 1.54) is 0 Å². The van der Waals surface area contributed by atoms with Gasteiger partial charge in [0.05, 0.1) is 19.8 Å². The number of ether oxygens (including phenoxy) is 2. The molecule has 28 heavy (non-hydrogen) atoms. The first-order chi connectivity index (χ1) is 13.3. The number of nitrogens with zero attached hydrogens (tertiary/aromatic N) is 1. The summed E-state index contributed by atoms with van der Waals surface area (Å²) in [7, 11) is 1.65. The molecule has 1 heterocycles. The molecule has 5 heteroatoms. The molecule has 3 rings (SSSR count). The van der Waals surface area contributed by atoms with Crippen molar-refractivity contribution in [3.05, 3.63) is 54.1 Å². The van der Waals surface area contributed by atoms with Crippen LogP contribution in [0.15, 0.2) is 48.5 Å². The lowest BCUT2D eigenvalue weighted by molar-refractivity contribution is -0.00151. The van der Waals surface area contributed by atoms with E-state index in [9.17, 15) is 9.90 Å². The van der Waals surface area contributed by atoms with Gasteiger partial charge in [0.2, 0.25) is 0 Å². The van der Waals surface area contributed by atoms with Crippen molar-refractivity contribution in [2.24, 2.45) is 0 Å². The fraction of sp³-hybridized carbons (Fsp3) is 0.435. The lowest BCUT2D eigenvalue weighted by atomic mass is 9.86. The molecule has 1 aliphatic rings. The molecular formula is C23H29NO4. The number of piperidine rings is 1. The molecule has 0 spiro atoms. The summed E-state index contributed by atoms with van der Waals surface area (Å²) >= 11 is 0. The lowest BCUT2D eigenvalue weighted by Crippen LogP contribution is -2.47. The van der Waals surface area contributed by atoms with Crippen LogP contribution in [0.25, 0.3) is 11.1 Å². The summed E-state index contributed by atoms with van der Waals surface area (Å²) in [5.41, 5.74) is 2.75. The SMILES string of the molecule is COc1ccc(-c2cccc(C3CCN(C(=O)OC(C)(C)C)CC3O)c2)cc1. The Morgan fingerprint density at radius 2 is 1.82 bits per heavy atom. The van der Waals surface area contributed by atoms with Crippen molar-refractivity contribution in [3.8, 4) is 16.9 Å². The Balaban J connectivity index is 1.71. The number of amides is 1. The molecule has 0 radical (unpaired) electrons. The average molecular weight is 383 g/mol. The third-order valence-electron chi connectivity index (χ3n) is 4.97. The largest absolute Gasteiger partial charge is 0.497 e. The van der Waals surface area contributed by atoms with Gasteiger partial charge in [-0.05, 0) is 56.0 Å². The third kappa shape index (κ3) is 4.84. The molecule has 1 N–H and O–H groups in total. The zero-order valence-corrected chi connectivity index (χ0v) is 17.0. The number of carbonyl (C=O) groups excluding carboxylic acids is 1. The van der Waals surface area contributed by atoms with Gasteiger partial charge in [0, 0.05) is 12.5 Å². The Morgan fingerprint density at radius 3 is 2.43 bits per heavy atom. The van der Waals surface area contributed by atoms with E-state index < -0.39 is 11.7 Å². The van der Waals surface area contributed by atoms with E-state index in [0.29, 0.717) is 13.0 Å². The zero-order chi connectivity index (χ0) is 20.3. The van der Waals surface area contributed by atoms with Gasteiger partial charge in [-0.2, -0.15) is 0 Å². The van der Waals surface area contributed by atoms with Crippen LogP contribution in [0.2, 0.25) is 0 Å². The van der Waals surface area contributed by atoms with Crippen molar-refractivity contribution in [3.63, 3.8) is 0 Å². The third-order valence-corrected chi connectivity index (χ3v) is 4.97. The number of aliphatic hydroxyl groups is 1. The first-order valence-electron chi connectivity index (χ1n) is 9.67. The Bertz CT molecular complexity index is 810. The minimum Gasteiger partial charge on any atom is -0.497 e. The van der Waals surface area contributed by atoms with Gasteiger partial charge in [0.15, 0.2) is 0 Å². The van der Waals surface area contributed by atoms with E-state index in [1.807, 2.05) is 57.2 Å². The topological polar surface area (TPSA) is 59.0 Å². The summed E-state index contributed by atoms with van der Waals surface area (Å²) in [6.07, 6.45) is -0.281. The number of β-amino-alcohol motifs (C(OH)–C–C–N with tert-alkyl or cyclic N) is 1. The number of rotatable bonds is 3. The molecule has 1 fully saturated rings. The number of methoxy groups -OCH3 is 1. The standard InChI is InChI=1S/C23H29NO4/c1-23(2,3)28-22(26)24-13-12-20(21(25)15-24)18-7-5-6-17(14-18)16-8-10-19(27-4)11-9-16/h5-11,14,20-21,25H,12-13,15H2,1-4H3. The van der Waals surface area contributed by atoms with Gasteiger partial charge in [-0.25, -0.2) is 4.79 Å². The van der Waals surface area contributed by atoms with Crippen molar-refractivity contribution >= 4 is 6.09 Å². The maximum Gasteiger partial charge on any atom is 0.410 e. The van der Waals surface area contributed by atoms with Crippen molar-refractivity contribution in [1.82, 2.24) is 4.90 Å². The number of hydrogen-bond donors (Lipinski definition) is 1. The monoisotopic (exact) mass is 383 g/mol. The highest BCUT2D eigenvalue weighted by Crippen LogP contribution is 2.32. The molecule has 0 aromatic heterocycles. The number of carbonyl (C=O) groups is 1. The van der Waals surface area contributed by atoms with Gasteiger partial charge in [-0.3, -0.25) is 0 Å². The van der Waals surface area contributed by atoms with Crippen LogP contribution in [0.3, 0.4) is 0 Å². The Morgan fingerprint density at radius 1 is 1.11 bits per heavy atom. The number of likely N-dealkylation sites (tertiary alicyclic amines) is 1. The predicted molar refractivity (Wildman–Crippen MR) is 110 cm³/mol. The molecular weight excluding hydrogens is 354 g/mol. The quantitative estimate of drug-likeness (QED) is 0.851. The maximum atomic E-state index is 12.3. The lowest BCUT2D eigenvalue weighted by Gasteiger charge is -2.37. The van der Waals surface area contributed by atoms with Gasteiger partial charge in [0.1, 0.15) is 11.4 Å². The second kappa shape index (κ2) is 8.23. The van der Waals surface area contributed by atoms with Gasteiger partial charge >= 0.3 is 6.09 Å². The second-order valence-corrected chi connectivity index (χ2v) is 8.24. The molecule has 2 aromatic carbocycles. The number of aliphatic hydroxyl groups excluding tert-OH is 1. The fourth-order valence-corrected chi connectivity index (χ4v) is 3.55. The predicted octanol–water partition coefficient (Wildman–Crippen LogP) is 4.45. The summed E-state index contributed by atoms with van der Waals surface area (Å²) in [6, 6.07) is 16.2. The van der Waals surface area contributed by atoms with Crippen LogP contribution < -0.4 is 4.74 Å². The highest BCUT2D eigenvalue weighted by atomic mass is 16.6. The maximum absolute atomic E-state index is 12.3. The minimum atomic E-state index is -0.618. The summed E-state index contributed by atoms with van der Waals surface area (Å²) in [6.45, 7) is 6.39. The normalized spacial score (nSPS) is 20.0. The fourth-order valence-electron chi connectivity index (χ4n) is 3.55. The summed E-state index contributed by atoms with van der Waals surface area (Å²) < 4.78 is 10.6. The molecule has 2 unspecified atom stereocenters. The van der Waals surface area contributed by atoms with Gasteiger partial charge in [0.25, 0.3) is 0 Å². The zero-order valence-electron chi connectivity index (χ0n) is 17.0. The number of benzene rings is 2. The Kier molecular flexibility index (Phi) is 5.94. The Labute approximate surface area is 166 Å². The molecule has 5 nitrogen and oxygen atoms in total. The van der Waals surface area contributed by atoms with Crippen molar-refractivity contribution in [2.45, 2.75) is 44.8 Å². The van der Waals surface area contributed by atoms with Crippen molar-refractivity contribution < 1.29 is 19.4 Å². The summed E-state index contributed by atoms with van der Waals surface area (Å²) in [5, 5.41) is 10.7. The molecule has 0 saturated carbocycles. The molecule has 0 aliphatic carbocycles. The molecule has 2 atom stereocenters. The van der Waals surface area contributed by atoms with Crippen molar-refractivity contribution in [2.75, 3.05) is 20.2 Å². The van der Waals surface area contributed by atoms with E-state index in [1.54, 1.807) is 12.0 Å². The highest BCUT2D eigenvalue weighted by Gasteiger charge is 2.33. The van der Waals surface area contributed by atoms with Crippen LogP contribution in [0.4, 0.5) is 4.79 Å². The molecule has 1 aliphatic heterocycles. The van der Waals surface area contributed by atoms with Crippen LogP contribution >= 0.6 is 0 Å². The summed E-state index contributed by atoms with van der Waals surface area (Å²) in [5.74, 6) is 0.821. The van der Waals surface area contributed by atoms with E-state index in [4.69, 9.17) is 9.47 Å². The highest BCUT2D eigenvalue weighted by molar-refractivity contribution is 5.68. The van der Waals surface area contributed by atoms with Gasteiger partial charge in [-0.15, -0.1) is 0 Å². The molecule has 2 aromatic rings. The van der Waals surface area contributed by atoms with Crippen LogP contribution in [0, 0.1) is 0 Å². The molecule has 150 valence electrons. The molecule has 0 bridgehead atoms. The van der Waals surface area contributed by atoms with E-state index in [0.717, 1.165) is 22.4 Å². The first-order valence-corrected chi connectivity index (χ1v) is 9.67. The molecule has 1 amide bonds. The van der Waals surface area contributed by atoms with Crippen LogP contribution in [-0.4, -0.2) is 48.0 Å². The summed E-state index contributed by atoms with van der Waals surface area (Å²) in [4.78, 5) is 13.9. The van der Waals surface area contributed by atoms with Crippen LogP contribution in [0.1, 0.15) is 38.7 Å². The minimum absolute atomic E-state index is 0.00288. The van der Waals surface area contributed by atoms with E-state index in [2.05, 4.69) is 12.1 Å². The van der Waals surface area contributed by atoms with E-state index in [-0.39, 0.29) is 18.6 Å². The van der Waals surface area contributed by atoms with Crippen LogP contribution in [-0.2, 0) is 4.74 Å². The first kappa shape index (κ1) is 20.2. The van der Waals surface area contributed by atoms with Gasteiger partial charge < -0.3 is 19.5 Å². The smallest absolute Gasteiger partial charge is 0.410 e. The molecule has 1 saturated heterocycles. The number of hydrogen-bond acceptors (Lipinski definition) is 4. The Hall–Kier alpha value is -2.53. The second-order valence-electron chi connectivity index (χ2n) is 8.24. The average Bonchev–Trinajstić information content (AvgIpc) is 2.67. The van der Waals surface area contributed by atoms with E-state index >= 15 is 0 Å². The van der Waals surface area contributed by atoms with Crippen molar-refractivity contribution in [1.29, 1.82) is 0 Å². The van der Waals surface area contributed by atoms with Gasteiger partial charge in [-0.1, -0.05) is 36.4 Å². The van der Waals surface area contributed by atoms with Crippen LogP contribution in [0.5, 0.6) is 5.75 Å².